The van der Waals surface area contributed by atoms with Crippen LogP contribution in [-0.4, -0.2) is 38.6 Å². The van der Waals surface area contributed by atoms with Crippen molar-refractivity contribution in [3.05, 3.63) is 54.0 Å². The third-order valence-electron chi connectivity index (χ3n) is 6.75. The summed E-state index contributed by atoms with van der Waals surface area (Å²) in [5.74, 6) is 0.767. The van der Waals surface area contributed by atoms with Gasteiger partial charge in [-0.25, -0.2) is 9.97 Å². The van der Waals surface area contributed by atoms with E-state index in [1.165, 1.54) is 0 Å². The molecule has 0 bridgehead atoms. The largest absolute Gasteiger partial charge is 0.321 e. The summed E-state index contributed by atoms with van der Waals surface area (Å²) in [7, 11) is 0. The fraction of sp³-hybridized carbons (Fsp3) is 0.423. The third-order valence-corrected chi connectivity index (χ3v) is 6.75. The Hall–Kier alpha value is -3.57. The lowest BCUT2D eigenvalue weighted by Gasteiger charge is -2.22. The van der Waals surface area contributed by atoms with Crippen LogP contribution >= 0.6 is 0 Å². The summed E-state index contributed by atoms with van der Waals surface area (Å²) >= 11 is 0. The van der Waals surface area contributed by atoms with Crippen LogP contribution in [0.25, 0.3) is 11.3 Å². The molecule has 3 heterocycles. The van der Waals surface area contributed by atoms with Crippen molar-refractivity contribution in [2.45, 2.75) is 45.1 Å². The van der Waals surface area contributed by atoms with Crippen LogP contribution in [0.2, 0.25) is 0 Å². The average Bonchev–Trinajstić information content (AvgIpc) is 3.62. The number of aromatic nitrogens is 4. The van der Waals surface area contributed by atoms with Crippen molar-refractivity contribution in [2.75, 3.05) is 18.4 Å². The van der Waals surface area contributed by atoms with Gasteiger partial charge in [0.25, 0.3) is 0 Å². The topological polar surface area (TPSA) is 109 Å². The normalized spacial score (nSPS) is 17.2. The smallest absolute Gasteiger partial charge is 0.227 e. The number of nitrogens with one attached hydrogen (secondary N) is 2. The van der Waals surface area contributed by atoms with E-state index >= 15 is 0 Å². The molecule has 3 aromatic rings. The van der Waals surface area contributed by atoms with Crippen LogP contribution in [0.4, 0.5) is 11.6 Å². The standard InChI is InChI=1S/C26H29N7O/c1-17-14-29-26(31-22-15-30-33(16-22)23-8-10-28-11-9-23)32-25(17)20-6-4-19(5-7-20)24(34)12-21(13-27)18-2-3-18/h4-7,14-16,18,21,23,28H,2-3,8-12H2,1H3,(H,29,31,32)/t21-/m1/s1. The van der Waals surface area contributed by atoms with Gasteiger partial charge >= 0.3 is 0 Å². The predicted molar refractivity (Wildman–Crippen MR) is 130 cm³/mol. The van der Waals surface area contributed by atoms with Gasteiger partial charge in [-0.2, -0.15) is 10.4 Å². The number of Topliss-reactive ketones (excluding diaryl/α,β-unsaturated/α-hetero) is 1. The Morgan fingerprint density at radius 1 is 1.21 bits per heavy atom. The van der Waals surface area contributed by atoms with Crippen molar-refractivity contribution >= 4 is 17.4 Å². The molecule has 0 spiro atoms. The minimum atomic E-state index is -0.163. The SMILES string of the molecule is Cc1cnc(Nc2cnn(C3CCNCC3)c2)nc1-c1ccc(C(=O)C[C@H](C#N)C2CC2)cc1. The molecule has 0 unspecified atom stereocenters. The van der Waals surface area contributed by atoms with Gasteiger partial charge < -0.3 is 10.6 Å². The van der Waals surface area contributed by atoms with E-state index < -0.39 is 0 Å². The molecule has 8 nitrogen and oxygen atoms in total. The van der Waals surface area contributed by atoms with Gasteiger partial charge in [-0.1, -0.05) is 24.3 Å². The van der Waals surface area contributed by atoms with Crippen molar-refractivity contribution in [3.8, 4) is 17.3 Å². The fourth-order valence-electron chi connectivity index (χ4n) is 4.54. The van der Waals surface area contributed by atoms with Gasteiger partial charge in [0.1, 0.15) is 0 Å². The first-order chi connectivity index (χ1) is 16.6. The predicted octanol–water partition coefficient (Wildman–Crippen LogP) is 4.44. The lowest BCUT2D eigenvalue weighted by molar-refractivity contribution is 0.0966. The molecule has 1 saturated carbocycles. The molecule has 174 valence electrons. The summed E-state index contributed by atoms with van der Waals surface area (Å²) in [6, 6.07) is 10.2. The van der Waals surface area contributed by atoms with E-state index in [2.05, 4.69) is 26.8 Å². The molecule has 1 aliphatic carbocycles. The molecule has 2 N–H and O–H groups in total. The first kappa shape index (κ1) is 22.2. The highest BCUT2D eigenvalue weighted by molar-refractivity contribution is 5.96. The molecular weight excluding hydrogens is 426 g/mol. The van der Waals surface area contributed by atoms with Crippen LogP contribution in [-0.2, 0) is 0 Å². The quantitative estimate of drug-likeness (QED) is 0.483. The second kappa shape index (κ2) is 9.74. The highest BCUT2D eigenvalue weighted by atomic mass is 16.1. The Labute approximate surface area is 199 Å². The first-order valence-corrected chi connectivity index (χ1v) is 12.0. The van der Waals surface area contributed by atoms with Crippen LogP contribution in [0, 0.1) is 30.1 Å². The van der Waals surface area contributed by atoms with E-state index in [-0.39, 0.29) is 11.7 Å². The maximum Gasteiger partial charge on any atom is 0.227 e. The fourth-order valence-corrected chi connectivity index (χ4v) is 4.54. The molecule has 5 rings (SSSR count). The van der Waals surface area contributed by atoms with Gasteiger partial charge in [0.15, 0.2) is 5.78 Å². The summed E-state index contributed by atoms with van der Waals surface area (Å²) in [5, 5.41) is 20.5. The molecule has 1 aliphatic heterocycles. The molecule has 1 atom stereocenters. The van der Waals surface area contributed by atoms with Gasteiger partial charge in [-0.05, 0) is 57.2 Å². The van der Waals surface area contributed by atoms with E-state index in [0.717, 1.165) is 61.3 Å². The van der Waals surface area contributed by atoms with E-state index in [9.17, 15) is 10.1 Å². The van der Waals surface area contributed by atoms with Crippen molar-refractivity contribution in [1.29, 1.82) is 5.26 Å². The van der Waals surface area contributed by atoms with Crippen molar-refractivity contribution in [1.82, 2.24) is 25.1 Å². The van der Waals surface area contributed by atoms with Gasteiger partial charge in [0.2, 0.25) is 5.95 Å². The number of aryl methyl sites for hydroxylation is 1. The van der Waals surface area contributed by atoms with Gasteiger partial charge in [-0.15, -0.1) is 0 Å². The van der Waals surface area contributed by atoms with E-state index in [0.29, 0.717) is 29.9 Å². The maximum atomic E-state index is 12.6. The number of hydrogen-bond donors (Lipinski definition) is 2. The van der Waals surface area contributed by atoms with E-state index in [4.69, 9.17) is 4.98 Å². The van der Waals surface area contributed by atoms with Crippen LogP contribution < -0.4 is 10.6 Å². The van der Waals surface area contributed by atoms with Crippen molar-refractivity contribution < 1.29 is 4.79 Å². The zero-order valence-corrected chi connectivity index (χ0v) is 19.4. The van der Waals surface area contributed by atoms with Gasteiger partial charge in [0, 0.05) is 29.9 Å². The molecule has 8 heteroatoms. The minimum absolute atomic E-state index is 0.0255. The number of benzene rings is 1. The first-order valence-electron chi connectivity index (χ1n) is 12.0. The summed E-state index contributed by atoms with van der Waals surface area (Å²) in [6.07, 6.45) is 10.2. The molecule has 1 aromatic carbocycles. The summed E-state index contributed by atoms with van der Waals surface area (Å²) < 4.78 is 2.02. The summed E-state index contributed by atoms with van der Waals surface area (Å²) in [6.45, 7) is 4.00. The Kier molecular flexibility index (Phi) is 6.37. The number of carbonyl (C=O) groups excluding carboxylic acids is 1. The second-order valence-corrected chi connectivity index (χ2v) is 9.32. The van der Waals surface area contributed by atoms with Crippen molar-refractivity contribution in [3.63, 3.8) is 0 Å². The molecule has 1 saturated heterocycles. The molecule has 0 radical (unpaired) electrons. The lowest BCUT2D eigenvalue weighted by atomic mass is 9.94. The molecule has 2 aliphatic rings. The zero-order valence-electron chi connectivity index (χ0n) is 19.4. The Bertz CT molecular complexity index is 1200. The number of carbonyl (C=O) groups is 1. The van der Waals surface area contributed by atoms with Crippen LogP contribution in [0.5, 0.6) is 0 Å². The number of ketones is 1. The number of nitriles is 1. The number of hydrogen-bond acceptors (Lipinski definition) is 7. The van der Waals surface area contributed by atoms with Gasteiger partial charge in [0.05, 0.1) is 35.6 Å². The maximum absolute atomic E-state index is 12.6. The Morgan fingerprint density at radius 3 is 2.68 bits per heavy atom. The van der Waals surface area contributed by atoms with Crippen molar-refractivity contribution in [2.24, 2.45) is 11.8 Å². The van der Waals surface area contributed by atoms with E-state index in [1.807, 2.05) is 48.3 Å². The number of piperidine rings is 1. The zero-order chi connectivity index (χ0) is 23.5. The van der Waals surface area contributed by atoms with Gasteiger partial charge in [-0.3, -0.25) is 9.48 Å². The number of nitrogens with zero attached hydrogens (tertiary/aromatic N) is 5. The lowest BCUT2D eigenvalue weighted by Crippen LogP contribution is -2.29. The minimum Gasteiger partial charge on any atom is -0.321 e. The monoisotopic (exact) mass is 455 g/mol. The average molecular weight is 456 g/mol. The van der Waals surface area contributed by atoms with Crippen LogP contribution in [0.15, 0.2) is 42.9 Å². The Balaban J connectivity index is 1.28. The molecule has 2 fully saturated rings. The number of anilines is 2. The molecular formula is C26H29N7O. The second-order valence-electron chi connectivity index (χ2n) is 9.32. The molecule has 0 amide bonds. The number of rotatable bonds is 8. The summed E-state index contributed by atoms with van der Waals surface area (Å²) in [5.41, 5.74) is 4.18. The molecule has 34 heavy (non-hydrogen) atoms. The van der Waals surface area contributed by atoms with Crippen LogP contribution in [0.3, 0.4) is 0 Å². The molecule has 2 aromatic heterocycles. The van der Waals surface area contributed by atoms with Crippen LogP contribution in [0.1, 0.15) is 54.1 Å². The van der Waals surface area contributed by atoms with E-state index in [1.54, 1.807) is 6.20 Å². The third kappa shape index (κ3) is 5.00. The highest BCUT2D eigenvalue weighted by Gasteiger charge is 2.32. The Morgan fingerprint density at radius 2 is 1.97 bits per heavy atom. The summed E-state index contributed by atoms with van der Waals surface area (Å²) in [4.78, 5) is 21.8. The highest BCUT2D eigenvalue weighted by Crippen LogP contribution is 2.38.